The molecule has 0 aliphatic carbocycles. The average molecular weight is 254 g/mol. The summed E-state index contributed by atoms with van der Waals surface area (Å²) in [4.78, 5) is 11.9. The fraction of sp³-hybridized carbons (Fsp3) is 0.462. The largest absolute Gasteiger partial charge is 0.492 e. The van der Waals surface area contributed by atoms with E-state index in [2.05, 4.69) is 5.32 Å². The minimum absolute atomic E-state index is 0.0697. The van der Waals surface area contributed by atoms with Gasteiger partial charge in [-0.3, -0.25) is 4.79 Å². The Labute approximate surface area is 106 Å². The van der Waals surface area contributed by atoms with Crippen LogP contribution in [-0.4, -0.2) is 26.0 Å². The SMILES string of the molecule is CNCC(=O)c1cc(Cl)c2c(c1C)CCCO2. The molecule has 2 rings (SSSR count). The highest BCUT2D eigenvalue weighted by molar-refractivity contribution is 6.32. The second kappa shape index (κ2) is 5.07. The zero-order valence-corrected chi connectivity index (χ0v) is 10.9. The van der Waals surface area contributed by atoms with Gasteiger partial charge in [-0.1, -0.05) is 11.6 Å². The second-order valence-electron chi connectivity index (χ2n) is 4.24. The average Bonchev–Trinajstić information content (AvgIpc) is 2.34. The lowest BCUT2D eigenvalue weighted by molar-refractivity contribution is 0.0993. The highest BCUT2D eigenvalue weighted by Crippen LogP contribution is 2.37. The molecule has 3 nitrogen and oxygen atoms in total. The first kappa shape index (κ1) is 12.4. The first-order valence-electron chi connectivity index (χ1n) is 5.77. The quantitative estimate of drug-likeness (QED) is 0.841. The van der Waals surface area contributed by atoms with Gasteiger partial charge in [0.05, 0.1) is 18.2 Å². The molecule has 1 aromatic carbocycles. The second-order valence-corrected chi connectivity index (χ2v) is 4.65. The number of Topliss-reactive ketones (excluding diaryl/α,β-unsaturated/α-hetero) is 1. The van der Waals surface area contributed by atoms with Crippen LogP contribution in [0.4, 0.5) is 0 Å². The molecule has 1 aliphatic rings. The van der Waals surface area contributed by atoms with Crippen LogP contribution < -0.4 is 10.1 Å². The molecular weight excluding hydrogens is 238 g/mol. The summed E-state index contributed by atoms with van der Waals surface area (Å²) in [6.45, 7) is 3.00. The van der Waals surface area contributed by atoms with E-state index >= 15 is 0 Å². The predicted molar refractivity (Wildman–Crippen MR) is 68.3 cm³/mol. The van der Waals surface area contributed by atoms with E-state index in [4.69, 9.17) is 16.3 Å². The Kier molecular flexibility index (Phi) is 3.69. The summed E-state index contributed by atoms with van der Waals surface area (Å²) in [5.41, 5.74) is 2.79. The number of carbonyl (C=O) groups is 1. The molecule has 92 valence electrons. The van der Waals surface area contributed by atoms with E-state index in [1.54, 1.807) is 13.1 Å². The number of rotatable bonds is 3. The van der Waals surface area contributed by atoms with Crippen molar-refractivity contribution >= 4 is 17.4 Å². The lowest BCUT2D eigenvalue weighted by Crippen LogP contribution is -2.21. The predicted octanol–water partition coefficient (Wildman–Crippen LogP) is 2.38. The van der Waals surface area contributed by atoms with Crippen LogP contribution in [0.15, 0.2) is 6.07 Å². The van der Waals surface area contributed by atoms with Gasteiger partial charge < -0.3 is 10.1 Å². The first-order valence-corrected chi connectivity index (χ1v) is 6.15. The molecule has 0 radical (unpaired) electrons. The number of halogens is 1. The van der Waals surface area contributed by atoms with Crippen molar-refractivity contribution in [3.8, 4) is 5.75 Å². The van der Waals surface area contributed by atoms with Gasteiger partial charge in [0.2, 0.25) is 0 Å². The molecule has 0 fully saturated rings. The van der Waals surface area contributed by atoms with Crippen LogP contribution in [0.5, 0.6) is 5.75 Å². The molecule has 0 bridgehead atoms. The minimum atomic E-state index is 0.0697. The lowest BCUT2D eigenvalue weighted by Gasteiger charge is -2.22. The third kappa shape index (κ3) is 2.31. The molecule has 0 amide bonds. The Bertz CT molecular complexity index is 457. The monoisotopic (exact) mass is 253 g/mol. The molecule has 0 saturated carbocycles. The Hall–Kier alpha value is -1.06. The fourth-order valence-corrected chi connectivity index (χ4v) is 2.48. The van der Waals surface area contributed by atoms with Crippen molar-refractivity contribution in [1.29, 1.82) is 0 Å². The fourth-order valence-electron chi connectivity index (χ4n) is 2.20. The number of hydrogen-bond acceptors (Lipinski definition) is 3. The number of fused-ring (bicyclic) bond motifs is 1. The smallest absolute Gasteiger partial charge is 0.176 e. The maximum atomic E-state index is 11.9. The number of ether oxygens (including phenoxy) is 1. The van der Waals surface area contributed by atoms with Crippen LogP contribution in [0, 0.1) is 6.92 Å². The van der Waals surface area contributed by atoms with E-state index in [0.29, 0.717) is 23.7 Å². The van der Waals surface area contributed by atoms with Gasteiger partial charge in [-0.2, -0.15) is 0 Å². The number of carbonyl (C=O) groups excluding carboxylic acids is 1. The highest BCUT2D eigenvalue weighted by Gasteiger charge is 2.21. The van der Waals surface area contributed by atoms with Crippen molar-refractivity contribution in [3.63, 3.8) is 0 Å². The standard InChI is InChI=1S/C13H16ClNO2/c1-8-9-4-3-5-17-13(9)11(14)6-10(8)12(16)7-15-2/h6,15H,3-5,7H2,1-2H3. The molecule has 0 atom stereocenters. The van der Waals surface area contributed by atoms with E-state index in [9.17, 15) is 4.79 Å². The van der Waals surface area contributed by atoms with E-state index in [1.165, 1.54) is 0 Å². The molecule has 1 heterocycles. The van der Waals surface area contributed by atoms with E-state index < -0.39 is 0 Å². The topological polar surface area (TPSA) is 38.3 Å². The van der Waals surface area contributed by atoms with E-state index in [-0.39, 0.29) is 5.78 Å². The maximum absolute atomic E-state index is 11.9. The van der Waals surface area contributed by atoms with Gasteiger partial charge in [0.25, 0.3) is 0 Å². The zero-order chi connectivity index (χ0) is 12.4. The maximum Gasteiger partial charge on any atom is 0.176 e. The van der Waals surface area contributed by atoms with E-state index in [1.807, 2.05) is 6.92 Å². The third-order valence-electron chi connectivity index (χ3n) is 3.07. The number of nitrogens with one attached hydrogen (secondary N) is 1. The van der Waals surface area contributed by atoms with Gasteiger partial charge in [0.1, 0.15) is 5.75 Å². The number of likely N-dealkylation sites (N-methyl/N-ethyl adjacent to an activating group) is 1. The summed E-state index contributed by atoms with van der Waals surface area (Å²) in [5.74, 6) is 0.830. The number of benzene rings is 1. The van der Waals surface area contributed by atoms with Crippen LogP contribution >= 0.6 is 11.6 Å². The number of hydrogen-bond donors (Lipinski definition) is 1. The van der Waals surface area contributed by atoms with Crippen molar-refractivity contribution in [2.75, 3.05) is 20.2 Å². The van der Waals surface area contributed by atoms with Gasteiger partial charge >= 0.3 is 0 Å². The lowest BCUT2D eigenvalue weighted by atomic mass is 9.94. The molecule has 0 saturated heterocycles. The summed E-state index contributed by atoms with van der Waals surface area (Å²) >= 11 is 6.17. The normalized spacial score (nSPS) is 14.1. The van der Waals surface area contributed by atoms with Crippen LogP contribution in [0.3, 0.4) is 0 Å². The van der Waals surface area contributed by atoms with Crippen molar-refractivity contribution in [2.24, 2.45) is 0 Å². The summed E-state index contributed by atoms with van der Waals surface area (Å²) < 4.78 is 5.57. The van der Waals surface area contributed by atoms with Crippen LogP contribution in [0.1, 0.15) is 27.9 Å². The molecule has 0 spiro atoms. The van der Waals surface area contributed by atoms with Gasteiger partial charge in [-0.05, 0) is 44.0 Å². The summed E-state index contributed by atoms with van der Waals surface area (Å²) in [6, 6.07) is 1.72. The first-order chi connectivity index (χ1) is 8.15. The molecular formula is C13H16ClNO2. The van der Waals surface area contributed by atoms with Gasteiger partial charge in [0.15, 0.2) is 5.78 Å². The molecule has 0 unspecified atom stereocenters. The Morgan fingerprint density at radius 3 is 3.06 bits per heavy atom. The summed E-state index contributed by atoms with van der Waals surface area (Å²) in [5, 5.41) is 3.41. The van der Waals surface area contributed by atoms with E-state index in [0.717, 1.165) is 29.7 Å². The van der Waals surface area contributed by atoms with Crippen LogP contribution in [0.2, 0.25) is 5.02 Å². The summed E-state index contributed by atoms with van der Waals surface area (Å²) in [6.07, 6.45) is 1.91. The Balaban J connectivity index is 2.48. The van der Waals surface area contributed by atoms with Crippen molar-refractivity contribution in [3.05, 3.63) is 27.8 Å². The van der Waals surface area contributed by atoms with Crippen molar-refractivity contribution in [2.45, 2.75) is 19.8 Å². The molecule has 0 aromatic heterocycles. The molecule has 1 aromatic rings. The van der Waals surface area contributed by atoms with Crippen LogP contribution in [0.25, 0.3) is 0 Å². The van der Waals surface area contributed by atoms with Gasteiger partial charge in [-0.15, -0.1) is 0 Å². The Morgan fingerprint density at radius 2 is 2.35 bits per heavy atom. The molecule has 1 N–H and O–H groups in total. The highest BCUT2D eigenvalue weighted by atomic mass is 35.5. The van der Waals surface area contributed by atoms with Gasteiger partial charge in [0, 0.05) is 5.56 Å². The van der Waals surface area contributed by atoms with Crippen molar-refractivity contribution in [1.82, 2.24) is 5.32 Å². The van der Waals surface area contributed by atoms with Crippen molar-refractivity contribution < 1.29 is 9.53 Å². The van der Waals surface area contributed by atoms with Gasteiger partial charge in [-0.25, -0.2) is 0 Å². The molecule has 4 heteroatoms. The zero-order valence-electron chi connectivity index (χ0n) is 10.1. The third-order valence-corrected chi connectivity index (χ3v) is 3.35. The molecule has 17 heavy (non-hydrogen) atoms. The number of ketones is 1. The summed E-state index contributed by atoms with van der Waals surface area (Å²) in [7, 11) is 1.76. The molecule has 1 aliphatic heterocycles. The minimum Gasteiger partial charge on any atom is -0.492 e. The van der Waals surface area contributed by atoms with Crippen LogP contribution in [-0.2, 0) is 6.42 Å². The Morgan fingerprint density at radius 1 is 1.59 bits per heavy atom.